The third-order valence-electron chi connectivity index (χ3n) is 3.18. The Morgan fingerprint density at radius 2 is 1.17 bits per heavy atom. The molecule has 0 bridgehead atoms. The Kier molecular flexibility index (Phi) is 6.89. The fourth-order valence-corrected chi connectivity index (χ4v) is 1.95. The second-order valence-electron chi connectivity index (χ2n) is 9.93. The molecule has 0 atom stereocenters. The maximum Gasteiger partial charge on any atom is 0.326 e. The Hall–Kier alpha value is -1.06. The average molecular weight is 328 g/mol. The highest BCUT2D eigenvalue weighted by atomic mass is 16.7. The van der Waals surface area contributed by atoms with Crippen LogP contribution >= 0.6 is 0 Å². The van der Waals surface area contributed by atoms with E-state index in [2.05, 4.69) is 48.5 Å². The molecular weight excluding hydrogens is 292 g/mol. The van der Waals surface area contributed by atoms with Crippen molar-refractivity contribution < 1.29 is 19.1 Å². The van der Waals surface area contributed by atoms with E-state index in [0.29, 0.717) is 11.8 Å². The molecule has 0 amide bonds. The van der Waals surface area contributed by atoms with Gasteiger partial charge in [-0.3, -0.25) is 9.59 Å². The zero-order chi connectivity index (χ0) is 18.7. The van der Waals surface area contributed by atoms with Crippen LogP contribution in [-0.4, -0.2) is 17.7 Å². The lowest BCUT2D eigenvalue weighted by molar-refractivity contribution is -0.250. The van der Waals surface area contributed by atoms with Crippen molar-refractivity contribution in [3.05, 3.63) is 0 Å². The number of carbonyl (C=O) groups excluding carboxylic acids is 2. The molecule has 0 aromatic carbocycles. The minimum Gasteiger partial charge on any atom is -0.422 e. The number of ether oxygens (including phenoxy) is 2. The Balaban J connectivity index is 0.000000841. The van der Waals surface area contributed by atoms with E-state index < -0.39 is 23.1 Å². The molecular formula is C19H36O4. The first-order valence-electron chi connectivity index (χ1n) is 8.43. The minimum atomic E-state index is -1.15. The van der Waals surface area contributed by atoms with Crippen LogP contribution in [0.2, 0.25) is 0 Å². The minimum absolute atomic E-state index is 0.193. The van der Waals surface area contributed by atoms with Crippen LogP contribution < -0.4 is 0 Å². The molecule has 1 aliphatic rings. The summed E-state index contributed by atoms with van der Waals surface area (Å²) in [5.74, 6) is -2.09. The van der Waals surface area contributed by atoms with Gasteiger partial charge in [-0.1, -0.05) is 54.9 Å². The molecule has 1 fully saturated rings. The molecule has 0 radical (unpaired) electrons. The van der Waals surface area contributed by atoms with E-state index >= 15 is 0 Å². The van der Waals surface area contributed by atoms with Crippen molar-refractivity contribution in [2.24, 2.45) is 16.2 Å². The van der Waals surface area contributed by atoms with Gasteiger partial charge in [0.15, 0.2) is 5.41 Å². The van der Waals surface area contributed by atoms with Gasteiger partial charge in [0.25, 0.3) is 5.79 Å². The van der Waals surface area contributed by atoms with Crippen LogP contribution in [0.3, 0.4) is 0 Å². The molecule has 1 saturated heterocycles. The highest BCUT2D eigenvalue weighted by Crippen LogP contribution is 2.37. The van der Waals surface area contributed by atoms with Gasteiger partial charge in [-0.25, -0.2) is 0 Å². The van der Waals surface area contributed by atoms with Gasteiger partial charge in [-0.2, -0.15) is 0 Å². The molecule has 4 nitrogen and oxygen atoms in total. The molecule has 0 spiro atoms. The number of hydrogen-bond acceptors (Lipinski definition) is 4. The predicted molar refractivity (Wildman–Crippen MR) is 92.8 cm³/mol. The van der Waals surface area contributed by atoms with Crippen LogP contribution in [0.4, 0.5) is 0 Å². The van der Waals surface area contributed by atoms with Gasteiger partial charge in [0.1, 0.15) is 0 Å². The third kappa shape index (κ3) is 8.97. The average Bonchev–Trinajstić information content (AvgIpc) is 2.21. The van der Waals surface area contributed by atoms with E-state index in [1.807, 2.05) is 0 Å². The number of rotatable bonds is 3. The highest BCUT2D eigenvalue weighted by Gasteiger charge is 2.52. The summed E-state index contributed by atoms with van der Waals surface area (Å²) in [6.45, 7) is 19.9. The predicted octanol–water partition coefficient (Wildman–Crippen LogP) is 5.10. The van der Waals surface area contributed by atoms with Crippen LogP contribution in [0.25, 0.3) is 0 Å². The molecule has 0 aliphatic carbocycles. The number of hydrogen-bond donors (Lipinski definition) is 0. The van der Waals surface area contributed by atoms with Gasteiger partial charge in [0.2, 0.25) is 0 Å². The third-order valence-corrected chi connectivity index (χ3v) is 3.18. The molecule has 0 unspecified atom stereocenters. The van der Waals surface area contributed by atoms with Crippen LogP contribution in [0.15, 0.2) is 0 Å². The van der Waals surface area contributed by atoms with Gasteiger partial charge in [-0.05, 0) is 30.6 Å². The van der Waals surface area contributed by atoms with Crippen LogP contribution in [0.1, 0.15) is 88.5 Å². The van der Waals surface area contributed by atoms with Gasteiger partial charge in [-0.15, -0.1) is 0 Å². The maximum atomic E-state index is 12.0. The molecule has 23 heavy (non-hydrogen) atoms. The Morgan fingerprint density at radius 3 is 1.48 bits per heavy atom. The van der Waals surface area contributed by atoms with Crippen molar-refractivity contribution in [2.45, 2.75) is 94.3 Å². The van der Waals surface area contributed by atoms with E-state index in [0.717, 1.165) is 12.8 Å². The first-order valence-corrected chi connectivity index (χ1v) is 8.43. The van der Waals surface area contributed by atoms with Crippen LogP contribution in [0, 0.1) is 16.2 Å². The van der Waals surface area contributed by atoms with Crippen molar-refractivity contribution in [3.63, 3.8) is 0 Å². The summed E-state index contributed by atoms with van der Waals surface area (Å²) in [5.41, 5.74) is -0.459. The molecule has 1 aliphatic heterocycles. The Morgan fingerprint density at radius 1 is 0.826 bits per heavy atom. The summed E-state index contributed by atoms with van der Waals surface area (Å²) >= 11 is 0. The van der Waals surface area contributed by atoms with Crippen molar-refractivity contribution in [3.8, 4) is 0 Å². The normalized spacial score (nSPS) is 20.1. The Labute approximate surface area is 142 Å². The summed E-state index contributed by atoms with van der Waals surface area (Å²) in [5, 5.41) is 0. The number of cyclic esters (lactones) is 2. The van der Waals surface area contributed by atoms with Crippen LogP contribution in [0.5, 0.6) is 0 Å². The van der Waals surface area contributed by atoms with Gasteiger partial charge in [0, 0.05) is 13.8 Å². The number of carbonyl (C=O) groups is 2. The van der Waals surface area contributed by atoms with Gasteiger partial charge >= 0.3 is 11.9 Å². The monoisotopic (exact) mass is 328 g/mol. The van der Waals surface area contributed by atoms with E-state index in [1.54, 1.807) is 20.8 Å². The fraction of sp³-hybridized carbons (Fsp3) is 0.895. The van der Waals surface area contributed by atoms with Crippen molar-refractivity contribution in [2.75, 3.05) is 0 Å². The quantitative estimate of drug-likeness (QED) is 0.534. The van der Waals surface area contributed by atoms with Crippen molar-refractivity contribution in [1.82, 2.24) is 0 Å². The summed E-state index contributed by atoms with van der Waals surface area (Å²) in [6.07, 6.45) is 2.22. The lowest BCUT2D eigenvalue weighted by atomic mass is 9.80. The SMILES string of the molecule is CC(C)(C)C.CC(C)(C)CCCC1(C)C(=O)OC(C)(C)OC1=O. The van der Waals surface area contributed by atoms with Crippen LogP contribution in [-0.2, 0) is 19.1 Å². The summed E-state index contributed by atoms with van der Waals surface area (Å²) in [7, 11) is 0. The van der Waals surface area contributed by atoms with E-state index in [4.69, 9.17) is 9.47 Å². The Bertz CT molecular complexity index is 396. The lowest BCUT2D eigenvalue weighted by Gasteiger charge is -2.38. The molecule has 136 valence electrons. The molecule has 4 heteroatoms. The van der Waals surface area contributed by atoms with Gasteiger partial charge in [0.05, 0.1) is 0 Å². The maximum absolute atomic E-state index is 12.0. The smallest absolute Gasteiger partial charge is 0.326 e. The molecule has 1 rings (SSSR count). The zero-order valence-corrected chi connectivity index (χ0v) is 16.8. The zero-order valence-electron chi connectivity index (χ0n) is 16.8. The molecule has 1 heterocycles. The molecule has 0 aromatic rings. The molecule has 0 saturated carbocycles. The van der Waals surface area contributed by atoms with E-state index in [1.165, 1.54) is 0 Å². The highest BCUT2D eigenvalue weighted by molar-refractivity contribution is 6.01. The topological polar surface area (TPSA) is 52.6 Å². The first-order chi connectivity index (χ1) is 9.96. The second kappa shape index (κ2) is 7.23. The molecule has 0 aromatic heterocycles. The van der Waals surface area contributed by atoms with Gasteiger partial charge < -0.3 is 9.47 Å². The number of esters is 2. The standard InChI is InChI=1S/C14H24O4.C5H12/c1-12(2,3)8-7-9-14(6)10(15)17-13(4,5)18-11(14)16;1-5(2,3)4/h7-9H2,1-6H3;1-4H3. The summed E-state index contributed by atoms with van der Waals surface area (Å²) in [4.78, 5) is 23.9. The van der Waals surface area contributed by atoms with Crippen molar-refractivity contribution in [1.29, 1.82) is 0 Å². The largest absolute Gasteiger partial charge is 0.422 e. The summed E-state index contributed by atoms with van der Waals surface area (Å²) in [6, 6.07) is 0. The lowest BCUT2D eigenvalue weighted by Crippen LogP contribution is -2.52. The first kappa shape index (κ1) is 21.9. The molecule has 0 N–H and O–H groups in total. The summed E-state index contributed by atoms with van der Waals surface area (Å²) < 4.78 is 10.3. The van der Waals surface area contributed by atoms with E-state index in [9.17, 15) is 9.59 Å². The second-order valence-corrected chi connectivity index (χ2v) is 9.93. The fourth-order valence-electron chi connectivity index (χ4n) is 1.95. The van der Waals surface area contributed by atoms with Crippen molar-refractivity contribution >= 4 is 11.9 Å². The van der Waals surface area contributed by atoms with E-state index in [-0.39, 0.29) is 5.41 Å².